The van der Waals surface area contributed by atoms with Gasteiger partial charge in [0.2, 0.25) is 0 Å². The van der Waals surface area contributed by atoms with Crippen LogP contribution in [0.5, 0.6) is 0 Å². The van der Waals surface area contributed by atoms with E-state index in [1.165, 1.54) is 32.1 Å². The van der Waals surface area contributed by atoms with Gasteiger partial charge in [0.1, 0.15) is 0 Å². The Morgan fingerprint density at radius 3 is 1.62 bits per heavy atom. The van der Waals surface area contributed by atoms with Gasteiger partial charge in [-0.25, -0.2) is 0 Å². The third-order valence-electron chi connectivity index (χ3n) is 4.03. The zero-order valence-electron chi connectivity index (χ0n) is 12.3. The molecule has 0 heterocycles. The normalized spacial score (nSPS) is 16.2. The van der Waals surface area contributed by atoms with Gasteiger partial charge >= 0.3 is 141 Å². The Kier molecular flexibility index (Phi) is 6.01. The van der Waals surface area contributed by atoms with Crippen LogP contribution in [0.2, 0.25) is 3.71 Å². The second-order valence-corrected chi connectivity index (χ2v) is 12.2. The van der Waals surface area contributed by atoms with E-state index in [0.29, 0.717) is 29.9 Å². The molecule has 1 aliphatic rings. The van der Waals surface area contributed by atoms with Gasteiger partial charge in [0.25, 0.3) is 0 Å². The summed E-state index contributed by atoms with van der Waals surface area (Å²) < 4.78 is 4.09. The first-order chi connectivity index (χ1) is 10.4. The van der Waals surface area contributed by atoms with E-state index in [9.17, 15) is 0 Å². The molecule has 0 bridgehead atoms. The Balaban J connectivity index is 1.73. The fourth-order valence-electron chi connectivity index (χ4n) is 2.89. The van der Waals surface area contributed by atoms with Gasteiger partial charge < -0.3 is 0 Å². The molecule has 1 aliphatic carbocycles. The maximum atomic E-state index is 2.33. The van der Waals surface area contributed by atoms with Crippen molar-refractivity contribution in [1.29, 1.82) is 0 Å². The first-order valence-electron chi connectivity index (χ1n) is 7.85. The van der Waals surface area contributed by atoms with E-state index in [1.807, 2.05) is 0 Å². The summed E-state index contributed by atoms with van der Waals surface area (Å²) in [5.74, 6) is 0.971. The predicted molar refractivity (Wildman–Crippen MR) is 94.0 cm³/mol. The quantitative estimate of drug-likeness (QED) is 0.666. The van der Waals surface area contributed by atoms with Crippen LogP contribution in [-0.4, -0.2) is 29.9 Å². The number of benzene rings is 2. The molecule has 0 aromatic heterocycles. The van der Waals surface area contributed by atoms with Gasteiger partial charge in [0, 0.05) is 0 Å². The van der Waals surface area contributed by atoms with Crippen molar-refractivity contribution in [3.63, 3.8) is 0 Å². The standard InChI is InChI=1S/C19H22Se2/c1-4-10-16(11-5-1)19(20-17-12-6-2-7-13-17)21-18-14-8-3-9-15-18/h2-3,6-9,12-16,19H,1,4-5,10-11H2. The number of hydrogen-bond acceptors (Lipinski definition) is 0. The molecule has 110 valence electrons. The monoisotopic (exact) mass is 410 g/mol. The topological polar surface area (TPSA) is 0 Å². The molecule has 0 N–H and O–H groups in total. The van der Waals surface area contributed by atoms with E-state index >= 15 is 0 Å². The van der Waals surface area contributed by atoms with Crippen LogP contribution < -0.4 is 8.92 Å². The van der Waals surface area contributed by atoms with Crippen LogP contribution in [0.25, 0.3) is 0 Å². The Bertz CT molecular complexity index is 476. The Hall–Kier alpha value is -0.521. The molecule has 3 rings (SSSR count). The van der Waals surface area contributed by atoms with Gasteiger partial charge in [-0.3, -0.25) is 0 Å². The minimum absolute atomic E-state index is 0.624. The van der Waals surface area contributed by atoms with E-state index in [0.717, 1.165) is 9.63 Å². The van der Waals surface area contributed by atoms with Crippen molar-refractivity contribution in [1.82, 2.24) is 0 Å². The molecule has 0 spiro atoms. The zero-order chi connectivity index (χ0) is 14.3. The van der Waals surface area contributed by atoms with Crippen molar-refractivity contribution < 1.29 is 0 Å². The van der Waals surface area contributed by atoms with Gasteiger partial charge in [-0.05, 0) is 0 Å². The summed E-state index contributed by atoms with van der Waals surface area (Å²) in [6.45, 7) is 0. The summed E-state index contributed by atoms with van der Waals surface area (Å²) in [6.07, 6.45) is 7.30. The summed E-state index contributed by atoms with van der Waals surface area (Å²) in [5.41, 5.74) is 0. The van der Waals surface area contributed by atoms with Gasteiger partial charge in [-0.1, -0.05) is 0 Å². The number of hydrogen-bond donors (Lipinski definition) is 0. The molecule has 0 atom stereocenters. The molecule has 21 heavy (non-hydrogen) atoms. The van der Waals surface area contributed by atoms with E-state index in [1.54, 1.807) is 8.92 Å². The molecular formula is C19H22Se2. The van der Waals surface area contributed by atoms with Crippen molar-refractivity contribution >= 4 is 38.8 Å². The molecule has 1 fully saturated rings. The molecule has 0 unspecified atom stereocenters. The first kappa shape index (κ1) is 15.4. The average Bonchev–Trinajstić information content (AvgIpc) is 2.57. The molecule has 0 amide bonds. The molecular weight excluding hydrogens is 386 g/mol. The number of rotatable bonds is 5. The zero-order valence-corrected chi connectivity index (χ0v) is 15.7. The summed E-state index contributed by atoms with van der Waals surface area (Å²) in [5, 5.41) is 0. The first-order valence-corrected chi connectivity index (χ1v) is 11.5. The fourth-order valence-corrected chi connectivity index (χ4v) is 10.3. The van der Waals surface area contributed by atoms with E-state index < -0.39 is 0 Å². The van der Waals surface area contributed by atoms with Crippen LogP contribution in [0, 0.1) is 5.92 Å². The summed E-state index contributed by atoms with van der Waals surface area (Å²) in [4.78, 5) is 0. The fraction of sp³-hybridized carbons (Fsp3) is 0.368. The molecule has 0 aliphatic heterocycles. The van der Waals surface area contributed by atoms with Crippen molar-refractivity contribution in [3.8, 4) is 0 Å². The third-order valence-corrected chi connectivity index (χ3v) is 11.0. The molecule has 0 radical (unpaired) electrons. The van der Waals surface area contributed by atoms with Crippen LogP contribution in [0.1, 0.15) is 32.1 Å². The van der Waals surface area contributed by atoms with Crippen LogP contribution in [-0.2, 0) is 0 Å². The summed E-state index contributed by atoms with van der Waals surface area (Å²) >= 11 is 1.25. The maximum absolute atomic E-state index is 2.33. The van der Waals surface area contributed by atoms with E-state index in [-0.39, 0.29) is 0 Å². The second kappa shape index (κ2) is 8.20. The van der Waals surface area contributed by atoms with Crippen LogP contribution >= 0.6 is 0 Å². The van der Waals surface area contributed by atoms with Crippen molar-refractivity contribution in [2.24, 2.45) is 5.92 Å². The van der Waals surface area contributed by atoms with E-state index in [4.69, 9.17) is 0 Å². The van der Waals surface area contributed by atoms with Gasteiger partial charge in [-0.2, -0.15) is 0 Å². The van der Waals surface area contributed by atoms with Crippen molar-refractivity contribution in [2.75, 3.05) is 0 Å². The van der Waals surface area contributed by atoms with Gasteiger partial charge in [-0.15, -0.1) is 0 Å². The predicted octanol–water partition coefficient (Wildman–Crippen LogP) is 3.37. The van der Waals surface area contributed by atoms with Crippen LogP contribution in [0.4, 0.5) is 0 Å². The molecule has 2 aromatic rings. The van der Waals surface area contributed by atoms with Crippen LogP contribution in [0.15, 0.2) is 60.7 Å². The van der Waals surface area contributed by atoms with Crippen molar-refractivity contribution in [3.05, 3.63) is 60.7 Å². The van der Waals surface area contributed by atoms with Gasteiger partial charge in [0.15, 0.2) is 0 Å². The molecule has 1 saturated carbocycles. The Morgan fingerprint density at radius 1 is 0.667 bits per heavy atom. The van der Waals surface area contributed by atoms with E-state index in [2.05, 4.69) is 60.7 Å². The Labute approximate surface area is 141 Å². The SMILES string of the molecule is c1ccc([Se]C([Se]c2ccccc2)C2CCCCC2)cc1. The minimum atomic E-state index is 0.624. The average molecular weight is 408 g/mol. The summed E-state index contributed by atoms with van der Waals surface area (Å²) in [6, 6.07) is 22.4. The van der Waals surface area contributed by atoms with Crippen molar-refractivity contribution in [2.45, 2.75) is 35.8 Å². The second-order valence-electron chi connectivity index (χ2n) is 5.63. The molecule has 0 saturated heterocycles. The van der Waals surface area contributed by atoms with Crippen LogP contribution in [0.3, 0.4) is 0 Å². The van der Waals surface area contributed by atoms with Gasteiger partial charge in [0.05, 0.1) is 0 Å². The third kappa shape index (κ3) is 4.73. The molecule has 2 aromatic carbocycles. The summed E-state index contributed by atoms with van der Waals surface area (Å²) in [7, 11) is 0. The Morgan fingerprint density at radius 2 is 1.14 bits per heavy atom. The molecule has 2 heteroatoms. The molecule has 0 nitrogen and oxygen atoms in total.